The first-order chi connectivity index (χ1) is 17.7. The fourth-order valence-corrected chi connectivity index (χ4v) is 5.80. The van der Waals surface area contributed by atoms with Crippen molar-refractivity contribution in [1.82, 2.24) is 14.5 Å². The number of hydrogen-bond donors (Lipinski definition) is 0. The van der Waals surface area contributed by atoms with Crippen LogP contribution < -0.4 is 9.47 Å². The number of imidazole rings is 1. The number of para-hydroxylation sites is 2. The van der Waals surface area contributed by atoms with E-state index < -0.39 is 0 Å². The molecule has 1 saturated heterocycles. The first-order valence-corrected chi connectivity index (χ1v) is 13.4. The van der Waals surface area contributed by atoms with E-state index in [9.17, 15) is 4.79 Å². The molecule has 1 aliphatic carbocycles. The molecule has 36 heavy (non-hydrogen) atoms. The lowest BCUT2D eigenvalue weighted by molar-refractivity contribution is -0.130. The third-order valence-electron chi connectivity index (χ3n) is 7.55. The highest BCUT2D eigenvalue weighted by Crippen LogP contribution is 2.35. The number of nitrogens with zero attached hydrogens (tertiary/aromatic N) is 3. The first kappa shape index (κ1) is 24.4. The average Bonchev–Trinajstić information content (AvgIpc) is 3.48. The molecule has 0 radical (unpaired) electrons. The Balaban J connectivity index is 1.29. The zero-order valence-electron chi connectivity index (χ0n) is 21.5. The Kier molecular flexibility index (Phi) is 7.59. The fraction of sp³-hybridized carbons (Fsp3) is 0.467. The van der Waals surface area contributed by atoms with E-state index in [1.165, 1.54) is 19.3 Å². The van der Waals surface area contributed by atoms with E-state index in [-0.39, 0.29) is 5.92 Å². The summed E-state index contributed by atoms with van der Waals surface area (Å²) in [6.07, 6.45) is 11.5. The van der Waals surface area contributed by atoms with Gasteiger partial charge in [0.05, 0.1) is 24.8 Å². The normalized spacial score (nSPS) is 19.0. The molecule has 1 amide bonds. The second-order valence-corrected chi connectivity index (χ2v) is 9.96. The number of carbonyl (C=O) groups excluding carboxylic acids is 1. The van der Waals surface area contributed by atoms with Crippen molar-refractivity contribution < 1.29 is 14.3 Å². The molecule has 6 heteroatoms. The monoisotopic (exact) mass is 487 g/mol. The Morgan fingerprint density at radius 3 is 2.72 bits per heavy atom. The Labute approximate surface area is 213 Å². The zero-order valence-corrected chi connectivity index (χ0v) is 21.5. The average molecular weight is 488 g/mol. The number of benzene rings is 2. The largest absolute Gasteiger partial charge is 0.493 e. The van der Waals surface area contributed by atoms with Crippen molar-refractivity contribution in [3.8, 4) is 11.5 Å². The van der Waals surface area contributed by atoms with Crippen molar-refractivity contribution in [1.29, 1.82) is 0 Å². The lowest BCUT2D eigenvalue weighted by Gasteiger charge is -2.31. The first-order valence-electron chi connectivity index (χ1n) is 13.4. The topological polar surface area (TPSA) is 56.6 Å². The van der Waals surface area contributed by atoms with Gasteiger partial charge in [-0.1, -0.05) is 49.6 Å². The molecule has 1 aromatic heterocycles. The van der Waals surface area contributed by atoms with Crippen LogP contribution in [0.1, 0.15) is 69.2 Å². The standard InChI is InChI=1S/C30H37N3O3/c1-3-10-22-15-16-27(28(19-22)35-2)36-18-9-17-32-26-14-8-7-13-25(26)31-30(32)23-20-29(34)33(21-23)24-11-5-4-6-12-24/h3,7-8,10,13-16,19,23-24H,4-6,9,11-12,17-18,20-21H2,1-2H3/b10-3+. The molecular formula is C30H37N3O3. The van der Waals surface area contributed by atoms with Gasteiger partial charge < -0.3 is 18.9 Å². The minimum Gasteiger partial charge on any atom is -0.493 e. The summed E-state index contributed by atoms with van der Waals surface area (Å²) in [6, 6.07) is 14.7. The number of fused-ring (bicyclic) bond motifs is 1. The van der Waals surface area contributed by atoms with Crippen molar-refractivity contribution in [2.75, 3.05) is 20.3 Å². The lowest BCUT2D eigenvalue weighted by atomic mass is 9.94. The Morgan fingerprint density at radius 1 is 1.08 bits per heavy atom. The van der Waals surface area contributed by atoms with Crippen LogP contribution in [0.5, 0.6) is 11.5 Å². The quantitative estimate of drug-likeness (QED) is 0.338. The predicted octanol–water partition coefficient (Wildman–Crippen LogP) is 6.20. The molecule has 2 heterocycles. The van der Waals surface area contributed by atoms with Gasteiger partial charge in [0.25, 0.3) is 0 Å². The van der Waals surface area contributed by atoms with E-state index in [0.717, 1.165) is 66.3 Å². The van der Waals surface area contributed by atoms with Crippen molar-refractivity contribution in [3.05, 3.63) is 59.9 Å². The van der Waals surface area contributed by atoms with Crippen LogP contribution in [0.15, 0.2) is 48.5 Å². The summed E-state index contributed by atoms with van der Waals surface area (Å²) in [5, 5.41) is 0. The molecule has 1 unspecified atom stereocenters. The predicted molar refractivity (Wildman–Crippen MR) is 143 cm³/mol. The molecule has 1 atom stereocenters. The third kappa shape index (κ3) is 5.13. The number of aryl methyl sites for hydroxylation is 1. The van der Waals surface area contributed by atoms with Crippen molar-refractivity contribution >= 4 is 23.0 Å². The maximum atomic E-state index is 13.0. The number of rotatable bonds is 9. The van der Waals surface area contributed by atoms with Gasteiger partial charge in [-0.15, -0.1) is 0 Å². The van der Waals surface area contributed by atoms with Crippen LogP contribution in [-0.2, 0) is 11.3 Å². The van der Waals surface area contributed by atoms with Crippen molar-refractivity contribution in [3.63, 3.8) is 0 Å². The molecule has 5 rings (SSSR count). The van der Waals surface area contributed by atoms with Crippen LogP contribution in [0.4, 0.5) is 0 Å². The van der Waals surface area contributed by atoms with Crippen LogP contribution in [0, 0.1) is 0 Å². The van der Waals surface area contributed by atoms with E-state index in [1.54, 1.807) is 7.11 Å². The van der Waals surface area contributed by atoms with Crippen LogP contribution in [0.3, 0.4) is 0 Å². The van der Waals surface area contributed by atoms with Gasteiger partial charge in [0.2, 0.25) is 5.91 Å². The molecule has 0 N–H and O–H groups in total. The molecule has 3 aromatic rings. The Bertz CT molecular complexity index is 1230. The zero-order chi connectivity index (χ0) is 24.9. The lowest BCUT2D eigenvalue weighted by Crippen LogP contribution is -2.37. The molecule has 190 valence electrons. The minimum atomic E-state index is 0.145. The Hall–Kier alpha value is -3.28. The molecule has 1 saturated carbocycles. The van der Waals surface area contributed by atoms with Gasteiger partial charge >= 0.3 is 0 Å². The van der Waals surface area contributed by atoms with Crippen LogP contribution in [-0.4, -0.2) is 46.7 Å². The van der Waals surface area contributed by atoms with Gasteiger partial charge in [-0.3, -0.25) is 4.79 Å². The van der Waals surface area contributed by atoms with E-state index in [0.29, 0.717) is 25.0 Å². The van der Waals surface area contributed by atoms with E-state index in [2.05, 4.69) is 27.7 Å². The Morgan fingerprint density at radius 2 is 1.92 bits per heavy atom. The van der Waals surface area contributed by atoms with Crippen LogP contribution in [0.2, 0.25) is 0 Å². The second kappa shape index (κ2) is 11.2. The molecule has 1 aliphatic heterocycles. The van der Waals surface area contributed by atoms with Crippen LogP contribution in [0.25, 0.3) is 17.1 Å². The fourth-order valence-electron chi connectivity index (χ4n) is 5.80. The number of hydrogen-bond acceptors (Lipinski definition) is 4. The van der Waals surface area contributed by atoms with E-state index >= 15 is 0 Å². The minimum absolute atomic E-state index is 0.145. The number of likely N-dealkylation sites (tertiary alicyclic amines) is 1. The second-order valence-electron chi connectivity index (χ2n) is 9.96. The molecular weight excluding hydrogens is 450 g/mol. The van der Waals surface area contributed by atoms with Crippen molar-refractivity contribution in [2.45, 2.75) is 70.4 Å². The summed E-state index contributed by atoms with van der Waals surface area (Å²) in [5.74, 6) is 2.98. The molecule has 2 fully saturated rings. The van der Waals surface area contributed by atoms with Gasteiger partial charge in [-0.05, 0) is 56.0 Å². The van der Waals surface area contributed by atoms with Gasteiger partial charge in [0.1, 0.15) is 5.82 Å². The number of aromatic nitrogens is 2. The molecule has 2 aliphatic rings. The smallest absolute Gasteiger partial charge is 0.223 e. The summed E-state index contributed by atoms with van der Waals surface area (Å²) in [6.45, 7) is 4.16. The maximum absolute atomic E-state index is 13.0. The summed E-state index contributed by atoms with van der Waals surface area (Å²) in [5.41, 5.74) is 3.21. The number of amides is 1. The SMILES string of the molecule is C/C=C/c1ccc(OCCCn2c(C3CC(=O)N(C4CCCCC4)C3)nc3ccccc32)c(OC)c1. The van der Waals surface area contributed by atoms with Crippen molar-refractivity contribution in [2.24, 2.45) is 0 Å². The highest BCUT2D eigenvalue weighted by atomic mass is 16.5. The van der Waals surface area contributed by atoms with Crippen LogP contribution >= 0.6 is 0 Å². The highest BCUT2D eigenvalue weighted by molar-refractivity contribution is 5.81. The van der Waals surface area contributed by atoms with E-state index in [4.69, 9.17) is 14.5 Å². The number of methoxy groups -OCH3 is 1. The molecule has 2 aromatic carbocycles. The molecule has 0 spiro atoms. The molecule has 0 bridgehead atoms. The maximum Gasteiger partial charge on any atom is 0.223 e. The number of ether oxygens (including phenoxy) is 2. The summed E-state index contributed by atoms with van der Waals surface area (Å²) in [7, 11) is 1.67. The number of carbonyl (C=O) groups is 1. The van der Waals surface area contributed by atoms with Gasteiger partial charge in [0.15, 0.2) is 11.5 Å². The summed E-state index contributed by atoms with van der Waals surface area (Å²) < 4.78 is 14.0. The van der Waals surface area contributed by atoms with Gasteiger partial charge in [-0.2, -0.15) is 0 Å². The summed E-state index contributed by atoms with van der Waals surface area (Å²) in [4.78, 5) is 20.1. The third-order valence-corrected chi connectivity index (χ3v) is 7.55. The van der Waals surface area contributed by atoms with Gasteiger partial charge in [0, 0.05) is 31.5 Å². The van der Waals surface area contributed by atoms with E-state index in [1.807, 2.05) is 43.3 Å². The number of allylic oxidation sites excluding steroid dienone is 1. The molecule has 6 nitrogen and oxygen atoms in total. The summed E-state index contributed by atoms with van der Waals surface area (Å²) >= 11 is 0. The van der Waals surface area contributed by atoms with Gasteiger partial charge in [-0.25, -0.2) is 4.98 Å². The highest BCUT2D eigenvalue weighted by Gasteiger charge is 2.37.